The zero-order valence-corrected chi connectivity index (χ0v) is 12.2. The van der Waals surface area contributed by atoms with E-state index in [4.69, 9.17) is 4.65 Å². The SMILES string of the molecule is Cc1cn(CC(F)(F)F)nc1[B]OC(C)(C)C(C)(C)O. The second-order valence-corrected chi connectivity index (χ2v) is 5.82. The highest BCUT2D eigenvalue weighted by atomic mass is 19.4. The molecule has 20 heavy (non-hydrogen) atoms. The van der Waals surface area contributed by atoms with Gasteiger partial charge >= 0.3 is 13.7 Å². The summed E-state index contributed by atoms with van der Waals surface area (Å²) in [5, 5.41) is 13.7. The number of aryl methyl sites for hydroxylation is 1. The van der Waals surface area contributed by atoms with E-state index in [0.29, 0.717) is 11.2 Å². The summed E-state index contributed by atoms with van der Waals surface area (Å²) in [6.07, 6.45) is -3.01. The van der Waals surface area contributed by atoms with E-state index in [0.717, 1.165) is 4.68 Å². The highest BCUT2D eigenvalue weighted by Gasteiger charge is 2.36. The molecule has 1 heterocycles. The Kier molecular flexibility index (Phi) is 4.60. The average molecular weight is 291 g/mol. The first-order valence-electron chi connectivity index (χ1n) is 6.16. The van der Waals surface area contributed by atoms with Crippen molar-refractivity contribution < 1.29 is 22.9 Å². The first-order valence-corrected chi connectivity index (χ1v) is 6.16. The summed E-state index contributed by atoms with van der Waals surface area (Å²) in [5.74, 6) is 0. The molecule has 0 saturated carbocycles. The molecule has 0 aliphatic heterocycles. The minimum absolute atomic E-state index is 0.312. The fourth-order valence-electron chi connectivity index (χ4n) is 1.26. The number of alkyl halides is 3. The lowest BCUT2D eigenvalue weighted by Crippen LogP contribution is -2.49. The molecule has 1 radical (unpaired) electrons. The van der Waals surface area contributed by atoms with Gasteiger partial charge in [-0.25, -0.2) is 0 Å². The summed E-state index contributed by atoms with van der Waals surface area (Å²) in [5.41, 5.74) is -1.12. The first kappa shape index (κ1) is 17.0. The van der Waals surface area contributed by atoms with Crippen molar-refractivity contribution in [3.8, 4) is 0 Å². The molecular formula is C12H19BF3N2O2. The van der Waals surface area contributed by atoms with Crippen LogP contribution in [0, 0.1) is 6.92 Å². The van der Waals surface area contributed by atoms with Crippen LogP contribution in [0.25, 0.3) is 0 Å². The molecule has 1 N–H and O–H groups in total. The third-order valence-corrected chi connectivity index (χ3v) is 3.26. The zero-order chi connectivity index (χ0) is 15.8. The molecule has 0 aliphatic rings. The number of rotatable bonds is 5. The van der Waals surface area contributed by atoms with Gasteiger partial charge < -0.3 is 9.76 Å². The van der Waals surface area contributed by atoms with E-state index < -0.39 is 23.9 Å². The molecule has 1 aromatic heterocycles. The van der Waals surface area contributed by atoms with E-state index in [1.54, 1.807) is 34.6 Å². The van der Waals surface area contributed by atoms with Crippen LogP contribution in [-0.4, -0.2) is 39.7 Å². The van der Waals surface area contributed by atoms with Gasteiger partial charge in [0.15, 0.2) is 0 Å². The predicted molar refractivity (Wildman–Crippen MR) is 69.9 cm³/mol. The number of aliphatic hydroxyl groups is 1. The van der Waals surface area contributed by atoms with Crippen LogP contribution >= 0.6 is 0 Å². The third-order valence-electron chi connectivity index (χ3n) is 3.26. The van der Waals surface area contributed by atoms with Crippen molar-refractivity contribution in [3.63, 3.8) is 0 Å². The molecule has 0 spiro atoms. The van der Waals surface area contributed by atoms with Gasteiger partial charge in [-0.15, -0.1) is 0 Å². The molecule has 0 saturated heterocycles. The molecule has 8 heteroatoms. The van der Waals surface area contributed by atoms with E-state index in [-0.39, 0.29) is 0 Å². The molecule has 0 amide bonds. The number of hydrogen-bond acceptors (Lipinski definition) is 3. The Bertz CT molecular complexity index is 464. The maximum absolute atomic E-state index is 12.3. The molecule has 0 aliphatic carbocycles. The summed E-state index contributed by atoms with van der Waals surface area (Å²) in [7, 11) is 1.28. The van der Waals surface area contributed by atoms with Crippen LogP contribution in [0.15, 0.2) is 6.20 Å². The molecule has 0 bridgehead atoms. The van der Waals surface area contributed by atoms with E-state index in [9.17, 15) is 18.3 Å². The minimum Gasteiger partial charge on any atom is -0.425 e. The van der Waals surface area contributed by atoms with Gasteiger partial charge in [-0.3, -0.25) is 4.68 Å². The van der Waals surface area contributed by atoms with Crippen molar-refractivity contribution in [2.24, 2.45) is 0 Å². The normalized spacial score (nSPS) is 13.7. The lowest BCUT2D eigenvalue weighted by Gasteiger charge is -2.37. The summed E-state index contributed by atoms with van der Waals surface area (Å²) in [6, 6.07) is 0. The standard InChI is InChI=1S/C12H19BF3N2O2/c1-8-6-18(7-12(14,15)16)17-9(8)13-20-11(4,5)10(2,3)19/h6,19H,7H2,1-5H3. The van der Waals surface area contributed by atoms with Gasteiger partial charge in [0.05, 0.1) is 16.8 Å². The van der Waals surface area contributed by atoms with Crippen LogP contribution in [0.3, 0.4) is 0 Å². The molecule has 1 rings (SSSR count). The summed E-state index contributed by atoms with van der Waals surface area (Å²) in [4.78, 5) is 0. The Labute approximate surface area is 117 Å². The van der Waals surface area contributed by atoms with Crippen LogP contribution in [0.4, 0.5) is 13.2 Å². The van der Waals surface area contributed by atoms with Crippen LogP contribution in [-0.2, 0) is 11.2 Å². The number of hydrogen-bond donors (Lipinski definition) is 1. The quantitative estimate of drug-likeness (QED) is 0.838. The topological polar surface area (TPSA) is 47.3 Å². The van der Waals surface area contributed by atoms with Crippen molar-refractivity contribution in [3.05, 3.63) is 11.8 Å². The van der Waals surface area contributed by atoms with Gasteiger partial charge in [0.25, 0.3) is 0 Å². The Morgan fingerprint density at radius 2 is 1.85 bits per heavy atom. The number of halogens is 3. The molecular weight excluding hydrogens is 272 g/mol. The van der Waals surface area contributed by atoms with E-state index in [1.165, 1.54) is 13.7 Å². The van der Waals surface area contributed by atoms with Gasteiger partial charge in [-0.05, 0) is 40.2 Å². The molecule has 0 fully saturated rings. The van der Waals surface area contributed by atoms with E-state index in [1.807, 2.05) is 0 Å². The van der Waals surface area contributed by atoms with Gasteiger partial charge in [0.2, 0.25) is 0 Å². The van der Waals surface area contributed by atoms with Crippen molar-refractivity contribution >= 4 is 13.1 Å². The largest absolute Gasteiger partial charge is 0.425 e. The van der Waals surface area contributed by atoms with Crippen molar-refractivity contribution in [1.29, 1.82) is 0 Å². The maximum Gasteiger partial charge on any atom is 0.408 e. The maximum atomic E-state index is 12.3. The van der Waals surface area contributed by atoms with Gasteiger partial charge in [0, 0.05) is 6.20 Å². The average Bonchev–Trinajstić information content (AvgIpc) is 2.51. The highest BCUT2D eigenvalue weighted by Crippen LogP contribution is 2.24. The van der Waals surface area contributed by atoms with Crippen LogP contribution in [0.2, 0.25) is 0 Å². The van der Waals surface area contributed by atoms with Crippen LogP contribution < -0.4 is 5.59 Å². The Morgan fingerprint density at radius 1 is 1.30 bits per heavy atom. The monoisotopic (exact) mass is 291 g/mol. The van der Waals surface area contributed by atoms with Crippen molar-refractivity contribution in [2.75, 3.05) is 0 Å². The zero-order valence-electron chi connectivity index (χ0n) is 12.2. The lowest BCUT2D eigenvalue weighted by molar-refractivity contribution is -0.142. The Morgan fingerprint density at radius 3 is 2.30 bits per heavy atom. The fourth-order valence-corrected chi connectivity index (χ4v) is 1.26. The van der Waals surface area contributed by atoms with Gasteiger partial charge in [-0.1, -0.05) is 0 Å². The summed E-state index contributed by atoms with van der Waals surface area (Å²) in [6.45, 7) is 7.06. The highest BCUT2D eigenvalue weighted by molar-refractivity contribution is 6.46. The van der Waals surface area contributed by atoms with Crippen molar-refractivity contribution in [2.45, 2.75) is 58.5 Å². The molecule has 0 unspecified atom stereocenters. The number of nitrogens with zero attached hydrogens (tertiary/aromatic N) is 2. The number of aromatic nitrogens is 2. The molecule has 4 nitrogen and oxygen atoms in total. The molecule has 0 aromatic carbocycles. The third kappa shape index (κ3) is 4.52. The first-order chi connectivity index (χ1) is 8.82. The summed E-state index contributed by atoms with van der Waals surface area (Å²) >= 11 is 0. The second kappa shape index (κ2) is 5.40. The second-order valence-electron chi connectivity index (χ2n) is 5.82. The van der Waals surface area contributed by atoms with E-state index >= 15 is 0 Å². The van der Waals surface area contributed by atoms with Gasteiger partial charge in [0.1, 0.15) is 6.54 Å². The van der Waals surface area contributed by atoms with Crippen LogP contribution in [0.1, 0.15) is 33.3 Å². The Balaban J connectivity index is 2.75. The van der Waals surface area contributed by atoms with Crippen LogP contribution in [0.5, 0.6) is 0 Å². The molecule has 113 valence electrons. The molecule has 1 aromatic rings. The molecule has 0 atom stereocenters. The smallest absolute Gasteiger partial charge is 0.408 e. The minimum atomic E-state index is -4.32. The summed E-state index contributed by atoms with van der Waals surface area (Å²) < 4.78 is 43.1. The van der Waals surface area contributed by atoms with Gasteiger partial charge in [-0.2, -0.15) is 18.3 Å². The lowest BCUT2D eigenvalue weighted by atomic mass is 9.84. The Hall–Kier alpha value is -1.02. The fraction of sp³-hybridized carbons (Fsp3) is 0.750. The van der Waals surface area contributed by atoms with Crippen molar-refractivity contribution in [1.82, 2.24) is 9.78 Å². The predicted octanol–water partition coefficient (Wildman–Crippen LogP) is 1.56. The van der Waals surface area contributed by atoms with E-state index in [2.05, 4.69) is 5.10 Å².